The zero-order chi connectivity index (χ0) is 21.2. The van der Waals surface area contributed by atoms with Crippen molar-refractivity contribution in [3.05, 3.63) is 106 Å². The summed E-state index contributed by atoms with van der Waals surface area (Å²) < 4.78 is 2.20. The lowest BCUT2D eigenvalue weighted by molar-refractivity contribution is -0.115. The molecule has 1 aliphatic heterocycles. The van der Waals surface area contributed by atoms with Crippen molar-refractivity contribution in [1.82, 2.24) is 9.88 Å². The van der Waals surface area contributed by atoms with E-state index in [9.17, 15) is 4.79 Å². The smallest absolute Gasteiger partial charge is 0.264 e. The number of fused-ring (bicyclic) bond motifs is 1. The number of benzene rings is 3. The molecule has 1 saturated heterocycles. The van der Waals surface area contributed by atoms with Crippen molar-refractivity contribution < 1.29 is 4.79 Å². The second kappa shape index (κ2) is 8.46. The minimum Gasteiger partial charge on any atom is -0.342 e. The monoisotopic (exact) mass is 443 g/mol. The second-order valence-electron chi connectivity index (χ2n) is 7.17. The molecule has 1 fully saturated rings. The second-order valence-corrected chi connectivity index (χ2v) is 8.64. The van der Waals surface area contributed by atoms with Crippen molar-refractivity contribution in [2.75, 3.05) is 0 Å². The van der Waals surface area contributed by atoms with E-state index in [1.165, 1.54) is 11.8 Å². The van der Waals surface area contributed by atoms with Crippen LogP contribution in [0.1, 0.15) is 11.1 Å². The molecule has 1 amide bonds. The van der Waals surface area contributed by atoms with Crippen LogP contribution in [0.15, 0.2) is 95.0 Å². The maximum absolute atomic E-state index is 12.5. The first-order chi connectivity index (χ1) is 15.2. The van der Waals surface area contributed by atoms with Gasteiger partial charge in [0.25, 0.3) is 5.91 Å². The van der Waals surface area contributed by atoms with Gasteiger partial charge >= 0.3 is 0 Å². The predicted molar refractivity (Wildman–Crippen MR) is 130 cm³/mol. The number of aromatic nitrogens is 1. The topological polar surface area (TPSA) is 46.4 Å². The van der Waals surface area contributed by atoms with E-state index in [2.05, 4.69) is 33.2 Å². The molecule has 1 aliphatic rings. The van der Waals surface area contributed by atoms with Gasteiger partial charge in [0.1, 0.15) is 0 Å². The number of aliphatic imine (C=N–C) groups is 1. The third kappa shape index (κ3) is 4.29. The molecule has 0 atom stereocenters. The summed E-state index contributed by atoms with van der Waals surface area (Å²) >= 11 is 7.38. The van der Waals surface area contributed by atoms with E-state index < -0.39 is 0 Å². The molecule has 0 spiro atoms. The highest BCUT2D eigenvalue weighted by molar-refractivity contribution is 8.18. The standard InChI is InChI=1S/C25H18ClN3OS/c26-19-12-10-17(11-13-19)15-29-16-18(21-8-4-5-9-22(21)29)14-23-24(30)28-25(31-23)27-20-6-2-1-3-7-20/h1-14,16H,15H2,(H,27,28,30)/b23-14-. The third-order valence-corrected chi connectivity index (χ3v) is 6.17. The van der Waals surface area contributed by atoms with Gasteiger partial charge in [0.15, 0.2) is 5.17 Å². The zero-order valence-electron chi connectivity index (χ0n) is 16.5. The van der Waals surface area contributed by atoms with Crippen LogP contribution in [-0.4, -0.2) is 15.6 Å². The third-order valence-electron chi connectivity index (χ3n) is 5.01. The van der Waals surface area contributed by atoms with E-state index in [-0.39, 0.29) is 5.91 Å². The fraction of sp³-hybridized carbons (Fsp3) is 0.0400. The van der Waals surface area contributed by atoms with Crippen LogP contribution in [0.3, 0.4) is 0 Å². The number of amides is 1. The van der Waals surface area contributed by atoms with E-state index in [4.69, 9.17) is 11.6 Å². The molecule has 0 bridgehead atoms. The summed E-state index contributed by atoms with van der Waals surface area (Å²) in [6.45, 7) is 0.723. The molecule has 6 heteroatoms. The molecule has 152 valence electrons. The lowest BCUT2D eigenvalue weighted by Crippen LogP contribution is -2.19. The summed E-state index contributed by atoms with van der Waals surface area (Å²) in [5.41, 5.74) is 4.09. The first kappa shape index (κ1) is 19.7. The Balaban J connectivity index is 1.47. The maximum atomic E-state index is 12.5. The fourth-order valence-electron chi connectivity index (χ4n) is 3.55. The number of nitrogens with one attached hydrogen (secondary N) is 1. The highest BCUT2D eigenvalue weighted by Gasteiger charge is 2.24. The Bertz CT molecular complexity index is 1320. The molecule has 31 heavy (non-hydrogen) atoms. The van der Waals surface area contributed by atoms with Crippen LogP contribution in [0.25, 0.3) is 17.0 Å². The predicted octanol–water partition coefficient (Wildman–Crippen LogP) is 6.23. The molecule has 5 rings (SSSR count). The lowest BCUT2D eigenvalue weighted by Gasteiger charge is -2.05. The molecule has 3 aromatic carbocycles. The van der Waals surface area contributed by atoms with Crippen molar-refractivity contribution in [3.63, 3.8) is 0 Å². The Hall–Kier alpha value is -3.28. The largest absolute Gasteiger partial charge is 0.342 e. The molecule has 0 radical (unpaired) electrons. The number of thioether (sulfide) groups is 1. The Morgan fingerprint density at radius 1 is 0.968 bits per heavy atom. The summed E-state index contributed by atoms with van der Waals surface area (Å²) in [4.78, 5) is 17.7. The fourth-order valence-corrected chi connectivity index (χ4v) is 4.51. The normalized spacial score (nSPS) is 16.4. The van der Waals surface area contributed by atoms with Crippen molar-refractivity contribution in [2.45, 2.75) is 6.54 Å². The van der Waals surface area contributed by atoms with Gasteiger partial charge in [-0.1, -0.05) is 60.1 Å². The molecule has 4 aromatic rings. The highest BCUT2D eigenvalue weighted by Crippen LogP contribution is 2.31. The molecular formula is C25H18ClN3OS. The average molecular weight is 444 g/mol. The molecule has 2 heterocycles. The Labute approximate surface area is 189 Å². The van der Waals surface area contributed by atoms with Gasteiger partial charge in [-0.15, -0.1) is 0 Å². The molecule has 0 saturated carbocycles. The average Bonchev–Trinajstić information content (AvgIpc) is 3.30. The number of carbonyl (C=O) groups excluding carboxylic acids is 1. The minimum atomic E-state index is -0.130. The van der Waals surface area contributed by atoms with Crippen LogP contribution in [0.5, 0.6) is 0 Å². The van der Waals surface area contributed by atoms with Crippen molar-refractivity contribution in [2.24, 2.45) is 4.99 Å². The summed E-state index contributed by atoms with van der Waals surface area (Å²) in [5.74, 6) is -0.130. The molecule has 1 aromatic heterocycles. The van der Waals surface area contributed by atoms with E-state index in [1.54, 1.807) is 0 Å². The summed E-state index contributed by atoms with van der Waals surface area (Å²) in [5, 5.41) is 5.28. The molecule has 1 N–H and O–H groups in total. The van der Waals surface area contributed by atoms with Crippen molar-refractivity contribution in [1.29, 1.82) is 0 Å². The molecule has 0 aliphatic carbocycles. The Kier molecular flexibility index (Phi) is 5.37. The number of amidine groups is 1. The maximum Gasteiger partial charge on any atom is 0.264 e. The number of hydrogen-bond acceptors (Lipinski definition) is 3. The molecular weight excluding hydrogens is 426 g/mol. The SMILES string of the molecule is O=C1NC(=Nc2ccccc2)S/C1=C\c1cn(Cc2ccc(Cl)cc2)c2ccccc12. The first-order valence-corrected chi connectivity index (χ1v) is 11.0. The molecule has 4 nitrogen and oxygen atoms in total. The van der Waals surface area contributed by atoms with Gasteiger partial charge in [0.2, 0.25) is 0 Å². The van der Waals surface area contributed by atoms with Gasteiger partial charge in [0.05, 0.1) is 10.6 Å². The Morgan fingerprint density at radius 3 is 2.52 bits per heavy atom. The van der Waals surface area contributed by atoms with Crippen LogP contribution in [0.4, 0.5) is 5.69 Å². The van der Waals surface area contributed by atoms with E-state index in [1.807, 2.05) is 72.8 Å². The van der Waals surface area contributed by atoms with E-state index in [0.29, 0.717) is 10.1 Å². The number of hydrogen-bond donors (Lipinski definition) is 1. The van der Waals surface area contributed by atoms with Gasteiger partial charge in [-0.2, -0.15) is 0 Å². The number of nitrogens with zero attached hydrogens (tertiary/aromatic N) is 2. The van der Waals surface area contributed by atoms with Crippen molar-refractivity contribution >= 4 is 57.1 Å². The van der Waals surface area contributed by atoms with Crippen LogP contribution in [0, 0.1) is 0 Å². The molecule has 0 unspecified atom stereocenters. The zero-order valence-corrected chi connectivity index (χ0v) is 18.0. The summed E-state index contributed by atoms with van der Waals surface area (Å²) in [7, 11) is 0. The lowest BCUT2D eigenvalue weighted by atomic mass is 10.1. The van der Waals surface area contributed by atoms with Crippen LogP contribution >= 0.6 is 23.4 Å². The Morgan fingerprint density at radius 2 is 1.71 bits per heavy atom. The summed E-state index contributed by atoms with van der Waals surface area (Å²) in [6, 6.07) is 25.7. The number of carbonyl (C=O) groups is 1. The number of para-hydroxylation sites is 2. The quantitative estimate of drug-likeness (QED) is 0.380. The van der Waals surface area contributed by atoms with Crippen LogP contribution in [-0.2, 0) is 11.3 Å². The van der Waals surface area contributed by atoms with Gasteiger partial charge in [-0.25, -0.2) is 4.99 Å². The first-order valence-electron chi connectivity index (χ1n) is 9.83. The number of halogens is 1. The van der Waals surface area contributed by atoms with Gasteiger partial charge < -0.3 is 9.88 Å². The van der Waals surface area contributed by atoms with Gasteiger partial charge in [0, 0.05) is 34.2 Å². The minimum absolute atomic E-state index is 0.130. The van der Waals surface area contributed by atoms with Gasteiger partial charge in [-0.3, -0.25) is 4.79 Å². The summed E-state index contributed by atoms with van der Waals surface area (Å²) in [6.07, 6.45) is 4.03. The van der Waals surface area contributed by atoms with Crippen LogP contribution < -0.4 is 5.32 Å². The van der Waals surface area contributed by atoms with Crippen LogP contribution in [0.2, 0.25) is 5.02 Å². The van der Waals surface area contributed by atoms with E-state index >= 15 is 0 Å². The van der Waals surface area contributed by atoms with Gasteiger partial charge in [-0.05, 0) is 53.7 Å². The number of rotatable bonds is 4. The highest BCUT2D eigenvalue weighted by atomic mass is 35.5. The van der Waals surface area contributed by atoms with Crippen molar-refractivity contribution in [3.8, 4) is 0 Å². The van der Waals surface area contributed by atoms with E-state index in [0.717, 1.165) is 39.3 Å².